The molecule has 0 aliphatic rings. The fourth-order valence-corrected chi connectivity index (χ4v) is 1.79. The number of benzene rings is 2. The topological polar surface area (TPSA) is 53.6 Å². The summed E-state index contributed by atoms with van der Waals surface area (Å²) >= 11 is 0. The third kappa shape index (κ3) is 1.06. The summed E-state index contributed by atoms with van der Waals surface area (Å²) in [5.74, 6) is -0.00671. The van der Waals surface area contributed by atoms with Crippen LogP contribution in [0.1, 0.15) is 0 Å². The van der Waals surface area contributed by atoms with E-state index in [1.165, 1.54) is 6.07 Å². The van der Waals surface area contributed by atoms with Crippen LogP contribution in [0.4, 0.5) is 0 Å². The molecular formula is C12H8O3. The van der Waals surface area contributed by atoms with E-state index in [4.69, 9.17) is 4.42 Å². The molecule has 3 nitrogen and oxygen atoms in total. The molecule has 0 saturated heterocycles. The van der Waals surface area contributed by atoms with Crippen molar-refractivity contribution in [2.75, 3.05) is 0 Å². The lowest BCUT2D eigenvalue weighted by Crippen LogP contribution is -1.69. The zero-order valence-electron chi connectivity index (χ0n) is 7.77. The highest BCUT2D eigenvalue weighted by Gasteiger charge is 2.10. The Hall–Kier alpha value is -2.16. The molecule has 0 spiro atoms. The highest BCUT2D eigenvalue weighted by molar-refractivity contribution is 6.07. The van der Waals surface area contributed by atoms with Crippen molar-refractivity contribution in [2.45, 2.75) is 0 Å². The van der Waals surface area contributed by atoms with Crippen LogP contribution in [0.3, 0.4) is 0 Å². The maximum absolute atomic E-state index is 9.60. The normalized spacial score (nSPS) is 11.2. The molecule has 3 rings (SSSR count). The molecule has 0 fully saturated rings. The van der Waals surface area contributed by atoms with E-state index < -0.39 is 0 Å². The minimum absolute atomic E-state index is 0.0338. The first-order valence-corrected chi connectivity index (χ1v) is 4.59. The summed E-state index contributed by atoms with van der Waals surface area (Å²) < 4.78 is 5.48. The molecule has 74 valence electrons. The van der Waals surface area contributed by atoms with Crippen LogP contribution < -0.4 is 0 Å². The number of phenols is 2. The number of para-hydroxylation sites is 1. The Morgan fingerprint density at radius 1 is 0.933 bits per heavy atom. The lowest BCUT2D eigenvalue weighted by atomic mass is 10.1. The number of rotatable bonds is 0. The number of aromatic hydroxyl groups is 2. The summed E-state index contributed by atoms with van der Waals surface area (Å²) in [5.41, 5.74) is 1.11. The zero-order valence-corrected chi connectivity index (χ0v) is 7.77. The van der Waals surface area contributed by atoms with Gasteiger partial charge in [-0.15, -0.1) is 0 Å². The number of hydrogen-bond acceptors (Lipinski definition) is 3. The van der Waals surface area contributed by atoms with Gasteiger partial charge in [-0.2, -0.15) is 0 Å². The van der Waals surface area contributed by atoms with Crippen molar-refractivity contribution in [2.24, 2.45) is 0 Å². The van der Waals surface area contributed by atoms with E-state index >= 15 is 0 Å². The van der Waals surface area contributed by atoms with Crippen molar-refractivity contribution in [1.29, 1.82) is 0 Å². The van der Waals surface area contributed by atoms with Gasteiger partial charge in [0.2, 0.25) is 0 Å². The van der Waals surface area contributed by atoms with Gasteiger partial charge in [-0.1, -0.05) is 18.2 Å². The van der Waals surface area contributed by atoms with Gasteiger partial charge in [0.05, 0.1) is 0 Å². The molecule has 2 N–H and O–H groups in total. The summed E-state index contributed by atoms with van der Waals surface area (Å²) in [6.45, 7) is 0. The molecule has 3 aromatic rings. The minimum atomic E-state index is -0.0406. The predicted molar refractivity (Wildman–Crippen MR) is 57.0 cm³/mol. The fraction of sp³-hybridized carbons (Fsp3) is 0. The van der Waals surface area contributed by atoms with Gasteiger partial charge in [-0.3, -0.25) is 0 Å². The Kier molecular flexibility index (Phi) is 1.45. The lowest BCUT2D eigenvalue weighted by Gasteiger charge is -1.94. The van der Waals surface area contributed by atoms with Crippen molar-refractivity contribution in [3.8, 4) is 11.5 Å². The van der Waals surface area contributed by atoms with Crippen molar-refractivity contribution in [3.05, 3.63) is 36.4 Å². The van der Waals surface area contributed by atoms with E-state index in [1.54, 1.807) is 6.07 Å². The molecular weight excluding hydrogens is 192 g/mol. The van der Waals surface area contributed by atoms with E-state index in [0.717, 1.165) is 10.8 Å². The molecule has 0 aliphatic heterocycles. The molecule has 0 unspecified atom stereocenters. The average Bonchev–Trinajstić information content (AvgIpc) is 2.57. The molecule has 3 heteroatoms. The molecule has 0 aliphatic carbocycles. The van der Waals surface area contributed by atoms with Crippen LogP contribution in [-0.2, 0) is 0 Å². The van der Waals surface area contributed by atoms with Crippen LogP contribution in [0.5, 0.6) is 11.5 Å². The summed E-state index contributed by atoms with van der Waals surface area (Å²) in [6.07, 6.45) is 0. The largest absolute Gasteiger partial charge is 0.508 e. The highest BCUT2D eigenvalue weighted by atomic mass is 16.4. The molecule has 2 aromatic carbocycles. The van der Waals surface area contributed by atoms with E-state index in [9.17, 15) is 10.2 Å². The van der Waals surface area contributed by atoms with Crippen molar-refractivity contribution >= 4 is 21.9 Å². The summed E-state index contributed by atoms with van der Waals surface area (Å²) in [5, 5.41) is 20.6. The Morgan fingerprint density at radius 3 is 2.60 bits per heavy atom. The van der Waals surface area contributed by atoms with Crippen molar-refractivity contribution < 1.29 is 14.6 Å². The van der Waals surface area contributed by atoms with Crippen LogP contribution in [0.25, 0.3) is 21.9 Å². The monoisotopic (exact) mass is 200 g/mol. The minimum Gasteiger partial charge on any atom is -0.508 e. The van der Waals surface area contributed by atoms with Crippen LogP contribution in [0.2, 0.25) is 0 Å². The Morgan fingerprint density at radius 2 is 1.73 bits per heavy atom. The quantitative estimate of drug-likeness (QED) is 0.586. The second-order valence-electron chi connectivity index (χ2n) is 3.44. The number of phenolic OH excluding ortho intramolecular Hbond substituents is 2. The average molecular weight is 200 g/mol. The van der Waals surface area contributed by atoms with E-state index in [2.05, 4.69) is 0 Å². The zero-order chi connectivity index (χ0) is 10.4. The van der Waals surface area contributed by atoms with E-state index in [-0.39, 0.29) is 11.5 Å². The maximum atomic E-state index is 9.60. The number of fused-ring (bicyclic) bond motifs is 3. The molecule has 0 amide bonds. The van der Waals surface area contributed by atoms with Gasteiger partial charge in [-0.05, 0) is 12.1 Å². The first kappa shape index (κ1) is 8.17. The maximum Gasteiger partial charge on any atom is 0.177 e. The molecule has 15 heavy (non-hydrogen) atoms. The molecule has 0 saturated carbocycles. The van der Waals surface area contributed by atoms with E-state index in [0.29, 0.717) is 11.2 Å². The Labute approximate surface area is 85.2 Å². The Bertz CT molecular complexity index is 652. The van der Waals surface area contributed by atoms with Crippen LogP contribution in [0.15, 0.2) is 40.8 Å². The smallest absolute Gasteiger partial charge is 0.177 e. The Balaban J connectivity index is 2.61. The first-order chi connectivity index (χ1) is 7.25. The van der Waals surface area contributed by atoms with Gasteiger partial charge in [0.1, 0.15) is 11.3 Å². The van der Waals surface area contributed by atoms with Gasteiger partial charge >= 0.3 is 0 Å². The van der Waals surface area contributed by atoms with Crippen LogP contribution in [-0.4, -0.2) is 10.2 Å². The molecule has 0 atom stereocenters. The molecule has 0 bridgehead atoms. The van der Waals surface area contributed by atoms with Crippen LogP contribution >= 0.6 is 0 Å². The fourth-order valence-electron chi connectivity index (χ4n) is 1.79. The van der Waals surface area contributed by atoms with Gasteiger partial charge in [-0.25, -0.2) is 0 Å². The predicted octanol–water partition coefficient (Wildman–Crippen LogP) is 3.00. The van der Waals surface area contributed by atoms with E-state index in [1.807, 2.05) is 24.3 Å². The first-order valence-electron chi connectivity index (χ1n) is 4.59. The van der Waals surface area contributed by atoms with Gasteiger partial charge in [0, 0.05) is 16.8 Å². The lowest BCUT2D eigenvalue weighted by molar-refractivity contribution is 0.448. The van der Waals surface area contributed by atoms with Crippen molar-refractivity contribution in [1.82, 2.24) is 0 Å². The molecule has 1 heterocycles. The third-order valence-corrected chi connectivity index (χ3v) is 2.44. The van der Waals surface area contributed by atoms with Crippen molar-refractivity contribution in [3.63, 3.8) is 0 Å². The van der Waals surface area contributed by atoms with Gasteiger partial charge in [0.15, 0.2) is 11.3 Å². The molecule has 0 radical (unpaired) electrons. The van der Waals surface area contributed by atoms with Gasteiger partial charge < -0.3 is 14.6 Å². The summed E-state index contributed by atoms with van der Waals surface area (Å²) in [4.78, 5) is 0. The number of furan rings is 1. The summed E-state index contributed by atoms with van der Waals surface area (Å²) in [7, 11) is 0. The standard InChI is InChI=1S/C12H8O3/c13-7-5-9-8-3-1-2-4-11(8)15-12(9)10(14)6-7/h1-6,13-14H. The third-order valence-electron chi connectivity index (χ3n) is 2.44. The van der Waals surface area contributed by atoms with Crippen LogP contribution in [0, 0.1) is 0 Å². The number of hydrogen-bond donors (Lipinski definition) is 2. The van der Waals surface area contributed by atoms with Gasteiger partial charge in [0.25, 0.3) is 0 Å². The summed E-state index contributed by atoms with van der Waals surface area (Å²) in [6, 6.07) is 10.3. The molecule has 1 aromatic heterocycles. The highest BCUT2D eigenvalue weighted by Crippen LogP contribution is 2.36. The SMILES string of the molecule is Oc1cc(O)c2oc3ccccc3c2c1. The second kappa shape index (κ2) is 2.67. The second-order valence-corrected chi connectivity index (χ2v) is 3.44.